The minimum absolute atomic E-state index is 0.192. The summed E-state index contributed by atoms with van der Waals surface area (Å²) in [5.41, 5.74) is 6.32. The number of aromatic nitrogens is 8. The van der Waals surface area contributed by atoms with Gasteiger partial charge in [0.1, 0.15) is 48.3 Å². The summed E-state index contributed by atoms with van der Waals surface area (Å²) < 4.78 is 33.9. The predicted molar refractivity (Wildman–Crippen MR) is 243 cm³/mol. The number of nitrogens with zero attached hydrogens (tertiary/aromatic N) is 8. The maximum atomic E-state index is 12.6. The number of amides is 2. The first-order valence-electron chi connectivity index (χ1n) is 21.9. The monoisotopic (exact) mass is 940 g/mol. The predicted octanol–water partition coefficient (Wildman–Crippen LogP) is 3.26. The number of carbonyl (C=O) groups excluding carboxylic acids is 2. The number of ether oxygens (including phenoxy) is 4. The molecule has 2 aromatic carbocycles. The van der Waals surface area contributed by atoms with E-state index in [-0.39, 0.29) is 50.1 Å². The molecule has 0 aliphatic heterocycles. The Balaban J connectivity index is 0.929. The summed E-state index contributed by atoms with van der Waals surface area (Å²) in [6, 6.07) is 11.0. The van der Waals surface area contributed by atoms with Gasteiger partial charge >= 0.3 is 12.0 Å². The SMILES string of the molecule is CCCOc1nc(C)cc(-c2nc(-c3cc(C)c(OCC(O)CNC(=O)C(O)C(O)C(=O)NCC(O)COc4c(C)cc(-c5noc(-c6cc(C)nc(OCCC)n6)n5)cc4C)c(C)c3)no2)n1. The van der Waals surface area contributed by atoms with Gasteiger partial charge in [0, 0.05) is 35.6 Å². The van der Waals surface area contributed by atoms with Crippen LogP contribution in [0.2, 0.25) is 0 Å². The van der Waals surface area contributed by atoms with E-state index in [1.54, 1.807) is 64.1 Å². The third-order valence-electron chi connectivity index (χ3n) is 9.97. The molecule has 6 N–H and O–H groups in total. The second-order valence-electron chi connectivity index (χ2n) is 16.1. The van der Waals surface area contributed by atoms with Crippen LogP contribution < -0.4 is 29.6 Å². The van der Waals surface area contributed by atoms with Gasteiger partial charge < -0.3 is 59.1 Å². The van der Waals surface area contributed by atoms with E-state index in [0.29, 0.717) is 92.5 Å². The molecule has 0 bridgehead atoms. The van der Waals surface area contributed by atoms with Gasteiger partial charge in [0.15, 0.2) is 12.2 Å². The number of benzene rings is 2. The van der Waals surface area contributed by atoms with Gasteiger partial charge in [0.2, 0.25) is 11.6 Å². The Morgan fingerprint density at radius 3 is 1.26 bits per heavy atom. The quantitative estimate of drug-likeness (QED) is 0.0537. The lowest BCUT2D eigenvalue weighted by Gasteiger charge is -2.20. The first-order valence-corrected chi connectivity index (χ1v) is 21.9. The molecule has 68 heavy (non-hydrogen) atoms. The highest BCUT2D eigenvalue weighted by Gasteiger charge is 2.31. The normalized spacial score (nSPS) is 13.1. The van der Waals surface area contributed by atoms with Crippen LogP contribution in [0.15, 0.2) is 45.4 Å². The van der Waals surface area contributed by atoms with Gasteiger partial charge in [0.05, 0.1) is 13.2 Å². The van der Waals surface area contributed by atoms with Crippen molar-refractivity contribution in [2.24, 2.45) is 0 Å². The zero-order valence-electron chi connectivity index (χ0n) is 39.1. The van der Waals surface area contributed by atoms with Gasteiger partial charge in [0.25, 0.3) is 23.6 Å². The molecule has 0 spiro atoms. The van der Waals surface area contributed by atoms with Crippen molar-refractivity contribution < 1.29 is 58.0 Å². The Labute approximate surface area is 391 Å². The Morgan fingerprint density at radius 1 is 0.544 bits per heavy atom. The van der Waals surface area contributed by atoms with Crippen molar-refractivity contribution in [3.8, 4) is 69.5 Å². The van der Waals surface area contributed by atoms with E-state index in [0.717, 1.165) is 12.8 Å². The van der Waals surface area contributed by atoms with Crippen LogP contribution >= 0.6 is 0 Å². The summed E-state index contributed by atoms with van der Waals surface area (Å²) in [5.74, 6) is -0.254. The molecule has 22 nitrogen and oxygen atoms in total. The summed E-state index contributed by atoms with van der Waals surface area (Å²) in [6.07, 6.45) is -5.24. The second kappa shape index (κ2) is 23.0. The molecule has 6 rings (SSSR count). The Bertz CT molecular complexity index is 2460. The smallest absolute Gasteiger partial charge is 0.317 e. The summed E-state index contributed by atoms with van der Waals surface area (Å²) >= 11 is 0. The second-order valence-corrected chi connectivity index (χ2v) is 16.1. The molecule has 0 fully saturated rings. The van der Waals surface area contributed by atoms with Crippen molar-refractivity contribution in [2.75, 3.05) is 39.5 Å². The molecule has 2 amide bonds. The lowest BCUT2D eigenvalue weighted by Crippen LogP contribution is -2.52. The lowest BCUT2D eigenvalue weighted by atomic mass is 10.1. The molecular weight excluding hydrogens is 885 g/mol. The number of rotatable bonds is 23. The maximum absolute atomic E-state index is 12.6. The molecule has 4 heterocycles. The fourth-order valence-corrected chi connectivity index (χ4v) is 6.73. The van der Waals surface area contributed by atoms with Crippen LogP contribution in [0, 0.1) is 41.5 Å². The van der Waals surface area contributed by atoms with Crippen molar-refractivity contribution in [3.05, 3.63) is 70.0 Å². The number of aliphatic hydroxyl groups excluding tert-OH is 4. The van der Waals surface area contributed by atoms with E-state index in [4.69, 9.17) is 28.0 Å². The molecule has 4 aromatic heterocycles. The highest BCUT2D eigenvalue weighted by atomic mass is 16.5. The van der Waals surface area contributed by atoms with Gasteiger partial charge in [-0.1, -0.05) is 24.2 Å². The Hall–Kier alpha value is -7.14. The Kier molecular flexibility index (Phi) is 17.0. The van der Waals surface area contributed by atoms with Crippen LogP contribution in [0.1, 0.15) is 60.3 Å². The first-order chi connectivity index (χ1) is 32.5. The van der Waals surface area contributed by atoms with E-state index in [1.165, 1.54) is 0 Å². The molecule has 22 heteroatoms. The third-order valence-corrected chi connectivity index (χ3v) is 9.97. The minimum Gasteiger partial charge on any atom is -0.490 e. The average molecular weight is 941 g/mol. The molecule has 6 aromatic rings. The molecule has 362 valence electrons. The summed E-state index contributed by atoms with van der Waals surface area (Å²) in [6.45, 7) is 14.5. The summed E-state index contributed by atoms with van der Waals surface area (Å²) in [4.78, 5) is 51.6. The number of aliphatic hydroxyl groups is 4. The van der Waals surface area contributed by atoms with Crippen LogP contribution in [-0.4, -0.2) is 136 Å². The van der Waals surface area contributed by atoms with Crippen molar-refractivity contribution in [2.45, 2.75) is 92.6 Å². The Morgan fingerprint density at radius 2 is 0.912 bits per heavy atom. The number of carbonyl (C=O) groups is 2. The highest BCUT2D eigenvalue weighted by molar-refractivity contribution is 5.90. The van der Waals surface area contributed by atoms with Crippen LogP contribution in [0.4, 0.5) is 0 Å². The third kappa shape index (κ3) is 13.1. The number of hydrogen-bond donors (Lipinski definition) is 6. The average Bonchev–Trinajstić information content (AvgIpc) is 4.02. The molecule has 0 saturated heterocycles. The molecule has 0 radical (unpaired) electrons. The van der Waals surface area contributed by atoms with E-state index in [2.05, 4.69) is 50.9 Å². The molecule has 4 atom stereocenters. The number of hydrogen-bond acceptors (Lipinski definition) is 20. The number of nitrogens with one attached hydrogen (secondary N) is 2. The molecule has 4 unspecified atom stereocenters. The summed E-state index contributed by atoms with van der Waals surface area (Å²) in [7, 11) is 0. The van der Waals surface area contributed by atoms with Crippen molar-refractivity contribution in [1.82, 2.24) is 50.9 Å². The van der Waals surface area contributed by atoms with Gasteiger partial charge in [-0.2, -0.15) is 19.9 Å². The molecule has 0 saturated carbocycles. The van der Waals surface area contributed by atoms with Crippen molar-refractivity contribution in [1.29, 1.82) is 0 Å². The van der Waals surface area contributed by atoms with Crippen LogP contribution in [0.5, 0.6) is 23.5 Å². The first kappa shape index (κ1) is 50.3. The zero-order valence-corrected chi connectivity index (χ0v) is 39.1. The lowest BCUT2D eigenvalue weighted by molar-refractivity contribution is -0.146. The largest absolute Gasteiger partial charge is 0.490 e. The van der Waals surface area contributed by atoms with E-state index in [9.17, 15) is 30.0 Å². The van der Waals surface area contributed by atoms with Crippen LogP contribution in [0.3, 0.4) is 0 Å². The van der Waals surface area contributed by atoms with Crippen molar-refractivity contribution in [3.63, 3.8) is 0 Å². The fourth-order valence-electron chi connectivity index (χ4n) is 6.73. The van der Waals surface area contributed by atoms with Crippen LogP contribution in [0.25, 0.3) is 45.9 Å². The van der Waals surface area contributed by atoms with E-state index in [1.807, 2.05) is 27.7 Å². The van der Waals surface area contributed by atoms with Gasteiger partial charge in [-0.3, -0.25) is 9.59 Å². The topological polar surface area (TPSA) is 305 Å². The van der Waals surface area contributed by atoms with Crippen molar-refractivity contribution >= 4 is 11.8 Å². The van der Waals surface area contributed by atoms with E-state index < -0.39 is 36.2 Å². The van der Waals surface area contributed by atoms with Gasteiger partial charge in [-0.25, -0.2) is 9.97 Å². The fraction of sp³-hybridized carbons (Fsp3) is 0.435. The zero-order chi connectivity index (χ0) is 49.1. The molecule has 0 aliphatic carbocycles. The highest BCUT2D eigenvalue weighted by Crippen LogP contribution is 2.32. The maximum Gasteiger partial charge on any atom is 0.317 e. The standard InChI is InChI=1S/C46H56N10O12/c1-9-11-63-45-49-27(7)17-33(51-45)43-53-39(55-67-43)29-13-23(3)37(24(4)14-29)65-21-31(57)19-47-41(61)35(59)36(60)42(62)48-20-32(58)22-66-38-25(5)15-30(16-26(38)6)40-54-44(68-56-40)34-18-28(8)50-46(52-34)64-12-10-2/h13-18,31-32,35-36,57-60H,9-12,19-22H2,1-8H3,(H,47,61)(H,48,62). The van der Waals surface area contributed by atoms with Crippen LogP contribution in [-0.2, 0) is 9.59 Å². The van der Waals surface area contributed by atoms with Gasteiger partial charge in [-0.15, -0.1) is 0 Å². The number of aryl methyl sites for hydroxylation is 6. The summed E-state index contributed by atoms with van der Waals surface area (Å²) in [5, 5.41) is 54.8. The minimum atomic E-state index is -2.18. The van der Waals surface area contributed by atoms with E-state index >= 15 is 0 Å². The molecule has 0 aliphatic rings. The van der Waals surface area contributed by atoms with Gasteiger partial charge in [-0.05, 0) is 113 Å². The molecular formula is C46H56N10O12.